The Labute approximate surface area is 211 Å². The Morgan fingerprint density at radius 3 is 1.19 bits per heavy atom. The van der Waals surface area contributed by atoms with Crippen LogP contribution in [0.15, 0.2) is 109 Å². The van der Waals surface area contributed by atoms with Crippen molar-refractivity contribution >= 4 is 36.0 Å². The average molecular weight is 522 g/mol. The van der Waals surface area contributed by atoms with E-state index in [0.717, 1.165) is 0 Å². The van der Waals surface area contributed by atoms with Crippen LogP contribution in [0.4, 0.5) is 0 Å². The summed E-state index contributed by atoms with van der Waals surface area (Å²) in [6.07, 6.45) is 0. The molecule has 36 heavy (non-hydrogen) atoms. The first kappa shape index (κ1) is 25.9. The van der Waals surface area contributed by atoms with E-state index in [2.05, 4.69) is 0 Å². The molecule has 186 valence electrons. The molecule has 0 aliphatic heterocycles. The van der Waals surface area contributed by atoms with Crippen LogP contribution in [0.2, 0.25) is 0 Å². The van der Waals surface area contributed by atoms with Crippen LogP contribution >= 0.6 is 14.7 Å². The van der Waals surface area contributed by atoms with Crippen molar-refractivity contribution in [1.29, 1.82) is 0 Å². The molecule has 0 N–H and O–H groups in total. The number of benzene rings is 4. The standard InChI is InChI=1S/C28H28O6P2/c1-31-25-17-9-11-19-27(25)35(29,23-13-5-3-6-14-23)33-21-22-34-36(30,24-15-7-4-8-16-24)28-20-12-10-18-26(28)32-2/h3-20H,21-22H2,1-2H3. The molecule has 0 aromatic heterocycles. The van der Waals surface area contributed by atoms with Crippen molar-refractivity contribution in [3.63, 3.8) is 0 Å². The SMILES string of the molecule is COc1ccccc1P(=O)(OCCOP(=O)(c1ccccc1)c1ccccc1OC)c1ccccc1. The monoisotopic (exact) mass is 522 g/mol. The number of para-hydroxylation sites is 2. The van der Waals surface area contributed by atoms with Gasteiger partial charge in [-0.05, 0) is 48.5 Å². The quantitative estimate of drug-likeness (QED) is 0.206. The zero-order valence-corrected chi connectivity index (χ0v) is 21.9. The van der Waals surface area contributed by atoms with Crippen LogP contribution in [-0.2, 0) is 18.2 Å². The third kappa shape index (κ3) is 5.33. The first-order valence-electron chi connectivity index (χ1n) is 11.4. The third-order valence-corrected chi connectivity index (χ3v) is 10.7. The van der Waals surface area contributed by atoms with Crippen molar-refractivity contribution in [1.82, 2.24) is 0 Å². The van der Waals surface area contributed by atoms with Crippen LogP contribution in [-0.4, -0.2) is 27.4 Å². The maximum absolute atomic E-state index is 14.3. The Kier molecular flexibility index (Phi) is 8.45. The second-order valence-electron chi connectivity index (χ2n) is 7.78. The van der Waals surface area contributed by atoms with Crippen LogP contribution in [0.3, 0.4) is 0 Å². The summed E-state index contributed by atoms with van der Waals surface area (Å²) >= 11 is 0. The molecule has 0 radical (unpaired) electrons. The molecule has 8 heteroatoms. The number of hydrogen-bond acceptors (Lipinski definition) is 6. The molecular weight excluding hydrogens is 494 g/mol. The molecular formula is C28H28O6P2. The van der Waals surface area contributed by atoms with Gasteiger partial charge in [0, 0.05) is 10.6 Å². The van der Waals surface area contributed by atoms with Crippen molar-refractivity contribution in [2.45, 2.75) is 0 Å². The van der Waals surface area contributed by atoms with Gasteiger partial charge in [0.05, 0.1) is 38.0 Å². The Hall–Kier alpha value is -3.14. The predicted molar refractivity (Wildman–Crippen MR) is 145 cm³/mol. The van der Waals surface area contributed by atoms with E-state index in [1.165, 1.54) is 14.2 Å². The van der Waals surface area contributed by atoms with E-state index in [1.807, 2.05) is 48.5 Å². The van der Waals surface area contributed by atoms with E-state index in [1.54, 1.807) is 60.7 Å². The summed E-state index contributed by atoms with van der Waals surface area (Å²) < 4.78 is 51.7. The summed E-state index contributed by atoms with van der Waals surface area (Å²) in [4.78, 5) is 0. The molecule has 2 unspecified atom stereocenters. The Balaban J connectivity index is 1.63. The van der Waals surface area contributed by atoms with Gasteiger partial charge in [-0.3, -0.25) is 9.13 Å². The van der Waals surface area contributed by atoms with Crippen molar-refractivity contribution in [2.24, 2.45) is 0 Å². The summed E-state index contributed by atoms with van der Waals surface area (Å²) in [7, 11) is -4.02. The lowest BCUT2D eigenvalue weighted by atomic mass is 10.3. The molecule has 0 saturated heterocycles. The summed E-state index contributed by atoms with van der Waals surface area (Å²) in [6.45, 7) is -0.119. The molecule has 0 aliphatic carbocycles. The summed E-state index contributed by atoms with van der Waals surface area (Å²) in [5.74, 6) is 0.934. The normalized spacial score (nSPS) is 14.4. The van der Waals surface area contributed by atoms with E-state index in [0.29, 0.717) is 32.7 Å². The van der Waals surface area contributed by atoms with E-state index < -0.39 is 14.7 Å². The fraction of sp³-hybridized carbons (Fsp3) is 0.143. The molecule has 0 aliphatic rings. The van der Waals surface area contributed by atoms with Crippen molar-refractivity contribution in [3.05, 3.63) is 109 Å². The second kappa shape index (κ2) is 11.7. The van der Waals surface area contributed by atoms with Crippen LogP contribution in [0.5, 0.6) is 11.5 Å². The van der Waals surface area contributed by atoms with Gasteiger partial charge in [0.1, 0.15) is 11.5 Å². The van der Waals surface area contributed by atoms with Gasteiger partial charge in [0.25, 0.3) is 14.7 Å². The van der Waals surface area contributed by atoms with E-state index >= 15 is 0 Å². The fourth-order valence-corrected chi connectivity index (χ4v) is 8.29. The highest BCUT2D eigenvalue weighted by atomic mass is 31.2. The van der Waals surface area contributed by atoms with Crippen molar-refractivity contribution in [3.8, 4) is 11.5 Å². The van der Waals surface area contributed by atoms with Crippen LogP contribution in [0.25, 0.3) is 0 Å². The molecule has 0 amide bonds. The smallest absolute Gasteiger partial charge is 0.265 e. The molecule has 0 heterocycles. The number of ether oxygens (including phenoxy) is 2. The lowest BCUT2D eigenvalue weighted by molar-refractivity contribution is 0.229. The van der Waals surface area contributed by atoms with Gasteiger partial charge in [-0.1, -0.05) is 60.7 Å². The molecule has 4 aromatic rings. The van der Waals surface area contributed by atoms with Gasteiger partial charge in [0.15, 0.2) is 0 Å². The fourth-order valence-electron chi connectivity index (χ4n) is 3.89. The van der Waals surface area contributed by atoms with Gasteiger partial charge in [-0.2, -0.15) is 0 Å². The summed E-state index contributed by atoms with van der Waals surface area (Å²) in [6, 6.07) is 32.1. The highest BCUT2D eigenvalue weighted by Gasteiger charge is 2.34. The minimum atomic E-state index is -3.54. The van der Waals surface area contributed by atoms with Crippen LogP contribution < -0.4 is 30.7 Å². The minimum Gasteiger partial charge on any atom is -0.496 e. The van der Waals surface area contributed by atoms with Crippen molar-refractivity contribution in [2.75, 3.05) is 27.4 Å². The van der Waals surface area contributed by atoms with Gasteiger partial charge in [0.2, 0.25) is 0 Å². The van der Waals surface area contributed by atoms with Gasteiger partial charge >= 0.3 is 0 Å². The lowest BCUT2D eigenvalue weighted by Crippen LogP contribution is -2.23. The Morgan fingerprint density at radius 2 is 0.833 bits per heavy atom. The Bertz CT molecular complexity index is 1270. The lowest BCUT2D eigenvalue weighted by Gasteiger charge is -2.24. The predicted octanol–water partition coefficient (Wildman–Crippen LogP) is 4.90. The molecule has 0 spiro atoms. The topological polar surface area (TPSA) is 71.1 Å². The zero-order chi connectivity index (χ0) is 25.4. The van der Waals surface area contributed by atoms with Gasteiger partial charge in [-0.15, -0.1) is 0 Å². The molecule has 6 nitrogen and oxygen atoms in total. The molecule has 4 rings (SSSR count). The highest BCUT2D eigenvalue weighted by molar-refractivity contribution is 7.75. The van der Waals surface area contributed by atoms with E-state index in [-0.39, 0.29) is 13.2 Å². The van der Waals surface area contributed by atoms with E-state index in [9.17, 15) is 9.13 Å². The van der Waals surface area contributed by atoms with E-state index in [4.69, 9.17) is 18.5 Å². The summed E-state index contributed by atoms with van der Waals surface area (Å²) in [5.41, 5.74) is 0. The minimum absolute atomic E-state index is 0.0593. The first-order valence-corrected chi connectivity index (χ1v) is 14.7. The average Bonchev–Trinajstić information content (AvgIpc) is 2.96. The van der Waals surface area contributed by atoms with Gasteiger partial charge < -0.3 is 18.5 Å². The number of methoxy groups -OCH3 is 2. The zero-order valence-electron chi connectivity index (χ0n) is 20.2. The number of hydrogen-bond donors (Lipinski definition) is 0. The molecule has 2 atom stereocenters. The highest BCUT2D eigenvalue weighted by Crippen LogP contribution is 2.49. The molecule has 0 fully saturated rings. The van der Waals surface area contributed by atoms with Gasteiger partial charge in [-0.25, -0.2) is 0 Å². The maximum Gasteiger partial charge on any atom is 0.265 e. The third-order valence-electron chi connectivity index (χ3n) is 5.63. The number of rotatable bonds is 11. The second-order valence-corrected chi connectivity index (χ2v) is 12.5. The van der Waals surface area contributed by atoms with Crippen LogP contribution in [0.1, 0.15) is 0 Å². The Morgan fingerprint density at radius 1 is 0.500 bits per heavy atom. The largest absolute Gasteiger partial charge is 0.496 e. The first-order chi connectivity index (χ1) is 17.5. The summed E-state index contributed by atoms with van der Waals surface area (Å²) in [5, 5.41) is 1.97. The molecule has 0 bridgehead atoms. The molecule has 0 saturated carbocycles. The molecule has 4 aromatic carbocycles. The van der Waals surface area contributed by atoms with Crippen LogP contribution in [0, 0.1) is 0 Å². The maximum atomic E-state index is 14.3. The van der Waals surface area contributed by atoms with Crippen molar-refractivity contribution < 1.29 is 27.7 Å².